The quantitative estimate of drug-likeness (QED) is 0.907. The molecule has 23 heavy (non-hydrogen) atoms. The Balaban J connectivity index is 1.60. The summed E-state index contributed by atoms with van der Waals surface area (Å²) >= 11 is 1.75. The van der Waals surface area contributed by atoms with Crippen molar-refractivity contribution in [3.8, 4) is 0 Å². The van der Waals surface area contributed by atoms with Gasteiger partial charge in [-0.1, -0.05) is 0 Å². The SMILES string of the molecule is Cc1ncsc1CN1CCCC(Nc2ccnc(N(C)C)n2)C1. The highest BCUT2D eigenvalue weighted by atomic mass is 32.1. The third-order valence-corrected chi connectivity index (χ3v) is 5.03. The molecule has 0 saturated carbocycles. The van der Waals surface area contributed by atoms with Crippen LogP contribution in [0.4, 0.5) is 11.8 Å². The third kappa shape index (κ3) is 4.17. The summed E-state index contributed by atoms with van der Waals surface area (Å²) in [6, 6.07) is 2.38. The normalized spacial score (nSPS) is 18.8. The molecule has 3 rings (SSSR count). The molecule has 1 unspecified atom stereocenters. The van der Waals surface area contributed by atoms with Gasteiger partial charge in [0, 0.05) is 44.3 Å². The molecule has 1 aliphatic rings. The van der Waals surface area contributed by atoms with Crippen molar-refractivity contribution in [1.29, 1.82) is 0 Å². The molecule has 2 aromatic rings. The Kier molecular flexibility index (Phi) is 5.07. The highest BCUT2D eigenvalue weighted by Crippen LogP contribution is 2.20. The van der Waals surface area contributed by atoms with Gasteiger partial charge >= 0.3 is 0 Å². The van der Waals surface area contributed by atoms with Gasteiger partial charge in [0.25, 0.3) is 0 Å². The maximum absolute atomic E-state index is 4.56. The van der Waals surface area contributed by atoms with Crippen molar-refractivity contribution in [2.24, 2.45) is 0 Å². The van der Waals surface area contributed by atoms with E-state index in [-0.39, 0.29) is 0 Å². The predicted molar refractivity (Wildman–Crippen MR) is 95.1 cm³/mol. The standard InChI is InChI=1S/C16H24N6S/c1-12-14(23-11-18-12)10-22-8-4-5-13(9-22)19-15-6-7-17-16(20-15)21(2)3/h6-7,11,13H,4-5,8-10H2,1-3H3,(H,17,19,20). The van der Waals surface area contributed by atoms with Crippen LogP contribution in [0.15, 0.2) is 17.8 Å². The van der Waals surface area contributed by atoms with E-state index < -0.39 is 0 Å². The summed E-state index contributed by atoms with van der Waals surface area (Å²) in [4.78, 5) is 19.0. The van der Waals surface area contributed by atoms with Crippen LogP contribution in [0.2, 0.25) is 0 Å². The summed E-state index contributed by atoms with van der Waals surface area (Å²) in [7, 11) is 3.91. The molecule has 0 aromatic carbocycles. The van der Waals surface area contributed by atoms with Crippen LogP contribution < -0.4 is 10.2 Å². The first kappa shape index (κ1) is 16.1. The summed E-state index contributed by atoms with van der Waals surface area (Å²) in [6.45, 7) is 5.29. The Labute approximate surface area is 141 Å². The zero-order chi connectivity index (χ0) is 16.2. The summed E-state index contributed by atoms with van der Waals surface area (Å²) in [5.41, 5.74) is 3.10. The van der Waals surface area contributed by atoms with E-state index in [1.807, 2.05) is 36.8 Å². The average molecular weight is 332 g/mol. The molecule has 124 valence electrons. The number of nitrogens with zero attached hydrogens (tertiary/aromatic N) is 5. The predicted octanol–water partition coefficient (Wildman–Crippen LogP) is 2.38. The number of rotatable bonds is 5. The van der Waals surface area contributed by atoms with Crippen molar-refractivity contribution < 1.29 is 0 Å². The Morgan fingerprint density at radius 2 is 2.26 bits per heavy atom. The third-order valence-electron chi connectivity index (χ3n) is 4.11. The van der Waals surface area contributed by atoms with Crippen molar-refractivity contribution in [2.45, 2.75) is 32.4 Å². The summed E-state index contributed by atoms with van der Waals surface area (Å²) in [5, 5.41) is 3.57. The van der Waals surface area contributed by atoms with Crippen LogP contribution >= 0.6 is 11.3 Å². The van der Waals surface area contributed by atoms with Crippen LogP contribution in [0.1, 0.15) is 23.4 Å². The zero-order valence-corrected chi connectivity index (χ0v) is 14.8. The molecule has 7 heteroatoms. The Morgan fingerprint density at radius 1 is 1.39 bits per heavy atom. The lowest BCUT2D eigenvalue weighted by Crippen LogP contribution is -2.41. The van der Waals surface area contributed by atoms with Gasteiger partial charge in [-0.15, -0.1) is 11.3 Å². The van der Waals surface area contributed by atoms with Crippen LogP contribution in [-0.4, -0.2) is 53.1 Å². The number of anilines is 2. The van der Waals surface area contributed by atoms with E-state index in [1.165, 1.54) is 17.7 Å². The van der Waals surface area contributed by atoms with E-state index in [0.29, 0.717) is 6.04 Å². The van der Waals surface area contributed by atoms with E-state index in [0.717, 1.165) is 37.1 Å². The molecule has 2 aromatic heterocycles. The minimum absolute atomic E-state index is 0.432. The van der Waals surface area contributed by atoms with Gasteiger partial charge in [0.2, 0.25) is 5.95 Å². The number of likely N-dealkylation sites (tertiary alicyclic amines) is 1. The van der Waals surface area contributed by atoms with Crippen LogP contribution in [0.3, 0.4) is 0 Å². The van der Waals surface area contributed by atoms with Crippen molar-refractivity contribution in [3.05, 3.63) is 28.3 Å². The van der Waals surface area contributed by atoms with Gasteiger partial charge in [-0.25, -0.2) is 9.97 Å². The van der Waals surface area contributed by atoms with Crippen molar-refractivity contribution in [1.82, 2.24) is 19.9 Å². The zero-order valence-electron chi connectivity index (χ0n) is 14.0. The Bertz CT molecular complexity index is 641. The van der Waals surface area contributed by atoms with E-state index in [4.69, 9.17) is 0 Å². The van der Waals surface area contributed by atoms with Gasteiger partial charge in [-0.05, 0) is 32.4 Å². The number of nitrogens with one attached hydrogen (secondary N) is 1. The first-order chi connectivity index (χ1) is 11.1. The van der Waals surface area contributed by atoms with Gasteiger partial charge in [-0.2, -0.15) is 4.98 Å². The molecule has 0 spiro atoms. The molecule has 1 atom stereocenters. The number of hydrogen-bond donors (Lipinski definition) is 1. The first-order valence-electron chi connectivity index (χ1n) is 8.00. The molecule has 0 aliphatic carbocycles. The minimum atomic E-state index is 0.432. The maximum Gasteiger partial charge on any atom is 0.226 e. The monoisotopic (exact) mass is 332 g/mol. The smallest absolute Gasteiger partial charge is 0.226 e. The lowest BCUT2D eigenvalue weighted by Gasteiger charge is -2.33. The number of thiazole rings is 1. The topological polar surface area (TPSA) is 57.2 Å². The highest BCUT2D eigenvalue weighted by Gasteiger charge is 2.21. The van der Waals surface area contributed by atoms with E-state index in [2.05, 4.69) is 32.1 Å². The summed E-state index contributed by atoms with van der Waals surface area (Å²) in [6.07, 6.45) is 4.20. The molecular formula is C16H24N6S. The van der Waals surface area contributed by atoms with E-state index >= 15 is 0 Å². The lowest BCUT2D eigenvalue weighted by molar-refractivity contribution is 0.209. The largest absolute Gasteiger partial charge is 0.366 e. The second-order valence-electron chi connectivity index (χ2n) is 6.22. The molecule has 1 fully saturated rings. The molecule has 3 heterocycles. The fraction of sp³-hybridized carbons (Fsp3) is 0.562. The number of aryl methyl sites for hydroxylation is 1. The molecule has 0 amide bonds. The van der Waals surface area contributed by atoms with E-state index in [1.54, 1.807) is 11.3 Å². The fourth-order valence-corrected chi connectivity index (χ4v) is 3.67. The summed E-state index contributed by atoms with van der Waals surface area (Å²) < 4.78 is 0. The summed E-state index contributed by atoms with van der Waals surface area (Å²) in [5.74, 6) is 1.65. The Morgan fingerprint density at radius 3 is 3.00 bits per heavy atom. The molecule has 0 bridgehead atoms. The maximum atomic E-state index is 4.56. The highest BCUT2D eigenvalue weighted by molar-refractivity contribution is 7.09. The van der Waals surface area contributed by atoms with Gasteiger partial charge < -0.3 is 10.2 Å². The second kappa shape index (κ2) is 7.23. The Hall–Kier alpha value is -1.73. The van der Waals surface area contributed by atoms with Gasteiger partial charge in [0.1, 0.15) is 5.82 Å². The molecular weight excluding hydrogens is 308 g/mol. The van der Waals surface area contributed by atoms with Crippen LogP contribution in [0.5, 0.6) is 0 Å². The van der Waals surface area contributed by atoms with Crippen LogP contribution in [0.25, 0.3) is 0 Å². The fourth-order valence-electron chi connectivity index (χ4n) is 2.85. The lowest BCUT2D eigenvalue weighted by atomic mass is 10.1. The van der Waals surface area contributed by atoms with Gasteiger partial charge in [0.05, 0.1) is 11.2 Å². The average Bonchev–Trinajstić information content (AvgIpc) is 2.93. The molecule has 1 saturated heterocycles. The van der Waals surface area contributed by atoms with Crippen LogP contribution in [0, 0.1) is 6.92 Å². The molecule has 0 radical (unpaired) electrons. The molecule has 1 aliphatic heterocycles. The second-order valence-corrected chi connectivity index (χ2v) is 7.16. The van der Waals surface area contributed by atoms with E-state index in [9.17, 15) is 0 Å². The molecule has 1 N–H and O–H groups in total. The number of piperidine rings is 1. The minimum Gasteiger partial charge on any atom is -0.366 e. The van der Waals surface area contributed by atoms with Crippen molar-refractivity contribution in [2.75, 3.05) is 37.4 Å². The van der Waals surface area contributed by atoms with Gasteiger partial charge in [0.15, 0.2) is 0 Å². The van der Waals surface area contributed by atoms with Crippen molar-refractivity contribution >= 4 is 23.1 Å². The number of aromatic nitrogens is 3. The number of hydrogen-bond acceptors (Lipinski definition) is 7. The molecule has 6 nitrogen and oxygen atoms in total. The van der Waals surface area contributed by atoms with Crippen LogP contribution in [-0.2, 0) is 6.54 Å². The van der Waals surface area contributed by atoms with Crippen molar-refractivity contribution in [3.63, 3.8) is 0 Å². The van der Waals surface area contributed by atoms with Gasteiger partial charge in [-0.3, -0.25) is 4.90 Å². The first-order valence-corrected chi connectivity index (χ1v) is 8.88.